The number of carbonyl (C=O) groups excluding carboxylic acids is 2. The molecule has 6 heteroatoms. The third-order valence-corrected chi connectivity index (χ3v) is 4.92. The van der Waals surface area contributed by atoms with Crippen molar-refractivity contribution in [2.75, 3.05) is 0 Å². The van der Waals surface area contributed by atoms with Gasteiger partial charge in [0.1, 0.15) is 6.04 Å². The molecule has 1 aliphatic rings. The van der Waals surface area contributed by atoms with Crippen LogP contribution in [0, 0.1) is 12.8 Å². The van der Waals surface area contributed by atoms with Crippen molar-refractivity contribution in [1.29, 1.82) is 0 Å². The standard InChI is InChI=1S/C22H27N3O2.ClH/c1-14(2)20(25-21(26)17-7-4-15(3)5-8-17)22(27)24-11-16-6-9-18-12-23-13-19(18)10-16;/h4-10,14,20,23H,11-13H2,1-3H3,(H,24,27)(H,25,26);1H. The van der Waals surface area contributed by atoms with Gasteiger partial charge in [0.25, 0.3) is 5.91 Å². The van der Waals surface area contributed by atoms with Crippen molar-refractivity contribution in [2.45, 2.75) is 46.4 Å². The molecule has 0 radical (unpaired) electrons. The van der Waals surface area contributed by atoms with Gasteiger partial charge in [-0.3, -0.25) is 9.59 Å². The summed E-state index contributed by atoms with van der Waals surface area (Å²) < 4.78 is 0. The summed E-state index contributed by atoms with van der Waals surface area (Å²) in [5, 5.41) is 9.15. The van der Waals surface area contributed by atoms with Gasteiger partial charge in [-0.05, 0) is 41.7 Å². The summed E-state index contributed by atoms with van der Waals surface area (Å²) in [6.45, 7) is 8.07. The van der Waals surface area contributed by atoms with Crippen LogP contribution in [0.4, 0.5) is 0 Å². The number of halogens is 1. The van der Waals surface area contributed by atoms with E-state index in [1.54, 1.807) is 12.1 Å². The minimum Gasteiger partial charge on any atom is -0.350 e. The average Bonchev–Trinajstić information content (AvgIpc) is 3.12. The molecule has 3 N–H and O–H groups in total. The van der Waals surface area contributed by atoms with Gasteiger partial charge >= 0.3 is 0 Å². The monoisotopic (exact) mass is 401 g/mol. The summed E-state index contributed by atoms with van der Waals surface area (Å²) in [6, 6.07) is 13.0. The lowest BCUT2D eigenvalue weighted by molar-refractivity contribution is -0.124. The lowest BCUT2D eigenvalue weighted by Crippen LogP contribution is -2.49. The number of hydrogen-bond donors (Lipinski definition) is 3. The molecule has 0 saturated carbocycles. The van der Waals surface area contributed by atoms with Crippen LogP contribution in [-0.4, -0.2) is 17.9 Å². The van der Waals surface area contributed by atoms with Gasteiger partial charge in [-0.15, -0.1) is 12.4 Å². The Bertz CT molecular complexity index is 834. The molecule has 1 unspecified atom stereocenters. The van der Waals surface area contributed by atoms with Crippen LogP contribution < -0.4 is 16.0 Å². The first-order valence-electron chi connectivity index (χ1n) is 9.40. The molecule has 150 valence electrons. The SMILES string of the molecule is Cc1ccc(C(=O)NC(C(=O)NCc2ccc3c(c2)CNC3)C(C)C)cc1.Cl. The molecule has 0 fully saturated rings. The van der Waals surface area contributed by atoms with Crippen molar-refractivity contribution in [1.82, 2.24) is 16.0 Å². The number of nitrogens with one attached hydrogen (secondary N) is 3. The minimum atomic E-state index is -0.574. The van der Waals surface area contributed by atoms with E-state index in [0.29, 0.717) is 12.1 Å². The van der Waals surface area contributed by atoms with Crippen LogP contribution in [0.5, 0.6) is 0 Å². The van der Waals surface area contributed by atoms with Crippen molar-refractivity contribution in [3.05, 3.63) is 70.3 Å². The molecule has 0 spiro atoms. The fourth-order valence-electron chi connectivity index (χ4n) is 3.22. The topological polar surface area (TPSA) is 70.2 Å². The highest BCUT2D eigenvalue weighted by Crippen LogP contribution is 2.17. The van der Waals surface area contributed by atoms with Crippen LogP contribution >= 0.6 is 12.4 Å². The molecular weight excluding hydrogens is 374 g/mol. The molecule has 2 amide bonds. The van der Waals surface area contributed by atoms with E-state index >= 15 is 0 Å². The summed E-state index contributed by atoms with van der Waals surface area (Å²) in [6.07, 6.45) is 0. The average molecular weight is 402 g/mol. The van der Waals surface area contributed by atoms with Crippen LogP contribution in [0.2, 0.25) is 0 Å². The summed E-state index contributed by atoms with van der Waals surface area (Å²) in [5.74, 6) is -0.403. The fourth-order valence-corrected chi connectivity index (χ4v) is 3.22. The zero-order valence-electron chi connectivity index (χ0n) is 16.5. The van der Waals surface area contributed by atoms with Gasteiger partial charge in [0.2, 0.25) is 5.91 Å². The normalized spacial score (nSPS) is 13.4. The maximum atomic E-state index is 12.7. The molecule has 0 bridgehead atoms. The number of carbonyl (C=O) groups is 2. The van der Waals surface area contributed by atoms with Crippen LogP contribution in [0.1, 0.15) is 46.5 Å². The predicted octanol–water partition coefficient (Wildman–Crippen LogP) is 3.09. The number of benzene rings is 2. The van der Waals surface area contributed by atoms with Gasteiger partial charge in [0.15, 0.2) is 0 Å². The Morgan fingerprint density at radius 2 is 1.71 bits per heavy atom. The van der Waals surface area contributed by atoms with Gasteiger partial charge in [0.05, 0.1) is 0 Å². The van der Waals surface area contributed by atoms with Crippen molar-refractivity contribution in [3.63, 3.8) is 0 Å². The lowest BCUT2D eigenvalue weighted by Gasteiger charge is -2.22. The molecule has 0 aromatic heterocycles. The summed E-state index contributed by atoms with van der Waals surface area (Å²) in [7, 11) is 0. The number of aryl methyl sites for hydroxylation is 1. The Labute approximate surface area is 172 Å². The molecule has 2 aromatic rings. The first-order valence-corrected chi connectivity index (χ1v) is 9.40. The first kappa shape index (κ1) is 21.9. The zero-order chi connectivity index (χ0) is 19.4. The van der Waals surface area contributed by atoms with Crippen LogP contribution in [0.3, 0.4) is 0 Å². The van der Waals surface area contributed by atoms with Gasteiger partial charge in [-0.2, -0.15) is 0 Å². The van der Waals surface area contributed by atoms with Crippen LogP contribution in [0.15, 0.2) is 42.5 Å². The Hall–Kier alpha value is -2.37. The number of rotatable bonds is 6. The van der Waals surface area contributed by atoms with Gasteiger partial charge in [0, 0.05) is 25.2 Å². The number of fused-ring (bicyclic) bond motifs is 1. The van der Waals surface area contributed by atoms with E-state index in [4.69, 9.17) is 0 Å². The number of amides is 2. The van der Waals surface area contributed by atoms with E-state index in [2.05, 4.69) is 28.1 Å². The van der Waals surface area contributed by atoms with Crippen molar-refractivity contribution < 1.29 is 9.59 Å². The first-order chi connectivity index (χ1) is 12.9. The number of hydrogen-bond acceptors (Lipinski definition) is 3. The quantitative estimate of drug-likeness (QED) is 0.696. The lowest BCUT2D eigenvalue weighted by atomic mass is 10.0. The molecule has 5 nitrogen and oxygen atoms in total. The largest absolute Gasteiger partial charge is 0.350 e. The second-order valence-corrected chi connectivity index (χ2v) is 7.49. The summed E-state index contributed by atoms with van der Waals surface area (Å²) in [5.41, 5.74) is 5.32. The Balaban J connectivity index is 0.00000280. The summed E-state index contributed by atoms with van der Waals surface area (Å²) >= 11 is 0. The molecule has 1 heterocycles. The van der Waals surface area contributed by atoms with E-state index in [1.807, 2.05) is 39.0 Å². The smallest absolute Gasteiger partial charge is 0.251 e. The highest BCUT2D eigenvalue weighted by molar-refractivity contribution is 5.97. The minimum absolute atomic E-state index is 0. The highest BCUT2D eigenvalue weighted by Gasteiger charge is 2.24. The predicted molar refractivity (Wildman–Crippen MR) is 113 cm³/mol. The maximum Gasteiger partial charge on any atom is 0.251 e. The Morgan fingerprint density at radius 1 is 1.04 bits per heavy atom. The zero-order valence-corrected chi connectivity index (χ0v) is 17.4. The van der Waals surface area contributed by atoms with Gasteiger partial charge in [-0.1, -0.05) is 49.7 Å². The molecule has 3 rings (SSSR count). The van der Waals surface area contributed by atoms with Gasteiger partial charge < -0.3 is 16.0 Å². The third-order valence-electron chi connectivity index (χ3n) is 4.92. The van der Waals surface area contributed by atoms with E-state index in [-0.39, 0.29) is 30.1 Å². The molecule has 28 heavy (non-hydrogen) atoms. The third kappa shape index (κ3) is 5.33. The van der Waals surface area contributed by atoms with Gasteiger partial charge in [-0.25, -0.2) is 0 Å². The van der Waals surface area contributed by atoms with Crippen molar-refractivity contribution in [2.24, 2.45) is 5.92 Å². The molecule has 0 aliphatic carbocycles. The molecule has 2 aromatic carbocycles. The second-order valence-electron chi connectivity index (χ2n) is 7.49. The summed E-state index contributed by atoms with van der Waals surface area (Å²) in [4.78, 5) is 25.2. The maximum absolute atomic E-state index is 12.7. The van der Waals surface area contributed by atoms with E-state index in [1.165, 1.54) is 11.1 Å². The Kier molecular flexibility index (Phi) is 7.61. The second kappa shape index (κ2) is 9.71. The Morgan fingerprint density at radius 3 is 2.39 bits per heavy atom. The molecule has 1 aliphatic heterocycles. The van der Waals surface area contributed by atoms with Crippen molar-refractivity contribution in [3.8, 4) is 0 Å². The van der Waals surface area contributed by atoms with Crippen molar-refractivity contribution >= 4 is 24.2 Å². The van der Waals surface area contributed by atoms with E-state index < -0.39 is 6.04 Å². The van der Waals surface area contributed by atoms with Crippen LogP contribution in [-0.2, 0) is 24.4 Å². The molecular formula is C22H28ClN3O2. The van der Waals surface area contributed by atoms with E-state index in [0.717, 1.165) is 24.2 Å². The molecule has 1 atom stereocenters. The molecule has 0 saturated heterocycles. The fraction of sp³-hybridized carbons (Fsp3) is 0.364. The van der Waals surface area contributed by atoms with E-state index in [9.17, 15) is 9.59 Å². The van der Waals surface area contributed by atoms with Crippen LogP contribution in [0.25, 0.3) is 0 Å². The highest BCUT2D eigenvalue weighted by atomic mass is 35.5.